The monoisotopic (exact) mass is 323 g/mol. The highest BCUT2D eigenvalue weighted by atomic mass is 16.1. The highest BCUT2D eigenvalue weighted by Gasteiger charge is 2.23. The first-order valence-electron chi connectivity index (χ1n) is 8.48. The number of aromatic amines is 1. The van der Waals surface area contributed by atoms with E-state index in [1.54, 1.807) is 0 Å². The molecule has 124 valence electrons. The number of H-pyrrole nitrogens is 1. The van der Waals surface area contributed by atoms with E-state index in [1.807, 2.05) is 30.5 Å². The van der Waals surface area contributed by atoms with Crippen LogP contribution in [0, 0.1) is 6.92 Å². The van der Waals surface area contributed by atoms with Gasteiger partial charge in [0.15, 0.2) is 5.69 Å². The molecule has 0 spiro atoms. The lowest BCUT2D eigenvalue weighted by atomic mass is 9.92. The number of rotatable bonds is 5. The largest absolute Gasteiger partial charge is 0.350 e. The Morgan fingerprint density at radius 2 is 2.21 bits per heavy atom. The van der Waals surface area contributed by atoms with Crippen LogP contribution in [0.25, 0.3) is 10.9 Å². The molecule has 2 aromatic heterocycles. The summed E-state index contributed by atoms with van der Waals surface area (Å²) in [5.41, 5.74) is 2.53. The van der Waals surface area contributed by atoms with Crippen LogP contribution in [-0.2, 0) is 6.42 Å². The molecule has 0 aliphatic heterocycles. The fourth-order valence-electron chi connectivity index (χ4n) is 3.33. The Labute approximate surface area is 140 Å². The quantitative estimate of drug-likeness (QED) is 0.758. The van der Waals surface area contributed by atoms with E-state index in [0.29, 0.717) is 18.3 Å². The van der Waals surface area contributed by atoms with Crippen molar-refractivity contribution in [3.05, 3.63) is 47.7 Å². The van der Waals surface area contributed by atoms with Crippen LogP contribution >= 0.6 is 0 Å². The number of aromatic nitrogens is 4. The number of aryl methyl sites for hydroxylation is 1. The number of fused-ring (bicyclic) bond motifs is 1. The maximum absolute atomic E-state index is 12.4. The first-order chi connectivity index (χ1) is 11.7. The SMILES string of the molecule is Cc1cnc(CCNC(=O)c2n[nH]c3ccccc23)n1C1CCC1. The summed E-state index contributed by atoms with van der Waals surface area (Å²) < 4.78 is 2.33. The van der Waals surface area contributed by atoms with E-state index in [9.17, 15) is 4.79 Å². The maximum atomic E-state index is 12.4. The number of nitrogens with zero attached hydrogens (tertiary/aromatic N) is 3. The van der Waals surface area contributed by atoms with Crippen LogP contribution in [0.5, 0.6) is 0 Å². The van der Waals surface area contributed by atoms with Gasteiger partial charge in [-0.25, -0.2) is 4.98 Å². The molecule has 1 amide bonds. The Morgan fingerprint density at radius 1 is 1.38 bits per heavy atom. The van der Waals surface area contributed by atoms with Gasteiger partial charge in [-0.05, 0) is 32.3 Å². The number of benzene rings is 1. The number of nitrogens with one attached hydrogen (secondary N) is 2. The highest BCUT2D eigenvalue weighted by Crippen LogP contribution is 2.33. The van der Waals surface area contributed by atoms with Crippen LogP contribution in [0.2, 0.25) is 0 Å². The van der Waals surface area contributed by atoms with Gasteiger partial charge in [-0.2, -0.15) is 5.10 Å². The van der Waals surface area contributed by atoms with Crippen molar-refractivity contribution >= 4 is 16.8 Å². The summed E-state index contributed by atoms with van der Waals surface area (Å²) in [4.78, 5) is 16.9. The predicted molar refractivity (Wildman–Crippen MR) is 92.0 cm³/mol. The van der Waals surface area contributed by atoms with Crippen molar-refractivity contribution in [3.8, 4) is 0 Å². The molecule has 24 heavy (non-hydrogen) atoms. The van der Waals surface area contributed by atoms with Crippen molar-refractivity contribution in [2.24, 2.45) is 0 Å². The Morgan fingerprint density at radius 3 is 3.00 bits per heavy atom. The minimum Gasteiger partial charge on any atom is -0.350 e. The minimum atomic E-state index is -0.147. The van der Waals surface area contributed by atoms with E-state index in [4.69, 9.17) is 0 Å². The van der Waals surface area contributed by atoms with Crippen LogP contribution in [0.4, 0.5) is 0 Å². The number of para-hydroxylation sites is 1. The van der Waals surface area contributed by atoms with E-state index in [2.05, 4.69) is 32.0 Å². The summed E-state index contributed by atoms with van der Waals surface area (Å²) in [6.07, 6.45) is 6.42. The maximum Gasteiger partial charge on any atom is 0.272 e. The summed E-state index contributed by atoms with van der Waals surface area (Å²) in [6, 6.07) is 8.24. The second-order valence-corrected chi connectivity index (χ2v) is 6.39. The molecule has 0 unspecified atom stereocenters. The lowest BCUT2D eigenvalue weighted by Crippen LogP contribution is -2.28. The second-order valence-electron chi connectivity index (χ2n) is 6.39. The Balaban J connectivity index is 1.42. The molecule has 1 aliphatic rings. The van der Waals surface area contributed by atoms with Crippen LogP contribution in [0.3, 0.4) is 0 Å². The average Bonchev–Trinajstić information content (AvgIpc) is 3.11. The molecular weight excluding hydrogens is 302 g/mol. The van der Waals surface area contributed by atoms with Gasteiger partial charge < -0.3 is 9.88 Å². The summed E-state index contributed by atoms with van der Waals surface area (Å²) in [7, 11) is 0. The Bertz CT molecular complexity index is 875. The number of carbonyl (C=O) groups is 1. The summed E-state index contributed by atoms with van der Waals surface area (Å²) in [5, 5.41) is 10.8. The van der Waals surface area contributed by atoms with Gasteiger partial charge in [0.05, 0.1) is 5.52 Å². The van der Waals surface area contributed by atoms with Gasteiger partial charge in [0.1, 0.15) is 5.82 Å². The predicted octanol–water partition coefficient (Wildman–Crippen LogP) is 2.77. The van der Waals surface area contributed by atoms with Gasteiger partial charge in [-0.1, -0.05) is 18.2 Å². The van der Waals surface area contributed by atoms with Crippen molar-refractivity contribution in [3.63, 3.8) is 0 Å². The van der Waals surface area contributed by atoms with E-state index in [0.717, 1.165) is 23.1 Å². The summed E-state index contributed by atoms with van der Waals surface area (Å²) in [5.74, 6) is 0.912. The standard InChI is InChI=1S/C18H21N5O/c1-12-11-20-16(23(12)13-5-4-6-13)9-10-19-18(24)17-14-7-2-3-8-15(14)21-22-17/h2-3,7-8,11,13H,4-6,9-10H2,1H3,(H,19,24)(H,21,22). The van der Waals surface area contributed by atoms with Crippen LogP contribution in [0.1, 0.15) is 47.3 Å². The lowest BCUT2D eigenvalue weighted by Gasteiger charge is -2.29. The smallest absolute Gasteiger partial charge is 0.272 e. The molecule has 1 fully saturated rings. The number of carbonyl (C=O) groups excluding carboxylic acids is 1. The molecule has 4 rings (SSSR count). The molecule has 0 radical (unpaired) electrons. The molecular formula is C18H21N5O. The van der Waals surface area contributed by atoms with E-state index >= 15 is 0 Å². The number of amides is 1. The number of hydrogen-bond donors (Lipinski definition) is 2. The van der Waals surface area contributed by atoms with Crippen LogP contribution < -0.4 is 5.32 Å². The van der Waals surface area contributed by atoms with Crippen molar-refractivity contribution in [2.45, 2.75) is 38.6 Å². The first-order valence-corrected chi connectivity index (χ1v) is 8.48. The van der Waals surface area contributed by atoms with Crippen LogP contribution in [-0.4, -0.2) is 32.2 Å². The third-order valence-corrected chi connectivity index (χ3v) is 4.82. The van der Waals surface area contributed by atoms with Crippen molar-refractivity contribution < 1.29 is 4.79 Å². The van der Waals surface area contributed by atoms with Gasteiger partial charge in [0.2, 0.25) is 0 Å². The summed E-state index contributed by atoms with van der Waals surface area (Å²) >= 11 is 0. The van der Waals surface area contributed by atoms with E-state index < -0.39 is 0 Å². The molecule has 6 nitrogen and oxygen atoms in total. The second kappa shape index (κ2) is 6.11. The van der Waals surface area contributed by atoms with E-state index in [-0.39, 0.29) is 5.91 Å². The fraction of sp³-hybridized carbons (Fsp3) is 0.389. The zero-order valence-electron chi connectivity index (χ0n) is 13.7. The average molecular weight is 323 g/mol. The van der Waals surface area contributed by atoms with Gasteiger partial charge >= 0.3 is 0 Å². The molecule has 0 bridgehead atoms. The van der Waals surface area contributed by atoms with Gasteiger partial charge in [-0.3, -0.25) is 9.89 Å². The van der Waals surface area contributed by atoms with E-state index in [1.165, 1.54) is 25.0 Å². The Hall–Kier alpha value is -2.63. The molecule has 6 heteroatoms. The van der Waals surface area contributed by atoms with Crippen LogP contribution in [0.15, 0.2) is 30.5 Å². The third kappa shape index (κ3) is 2.58. The molecule has 2 N–H and O–H groups in total. The topological polar surface area (TPSA) is 75.6 Å². The summed E-state index contributed by atoms with van der Waals surface area (Å²) in [6.45, 7) is 2.66. The van der Waals surface area contributed by atoms with Crippen molar-refractivity contribution in [1.82, 2.24) is 25.1 Å². The molecule has 0 saturated heterocycles. The van der Waals surface area contributed by atoms with Crippen molar-refractivity contribution in [2.75, 3.05) is 6.54 Å². The first kappa shape index (κ1) is 14.9. The van der Waals surface area contributed by atoms with Gasteiger partial charge in [0.25, 0.3) is 5.91 Å². The molecule has 1 aliphatic carbocycles. The molecule has 1 saturated carbocycles. The number of imidazole rings is 1. The molecule has 3 aromatic rings. The fourth-order valence-corrected chi connectivity index (χ4v) is 3.33. The van der Waals surface area contributed by atoms with Gasteiger partial charge in [-0.15, -0.1) is 0 Å². The lowest BCUT2D eigenvalue weighted by molar-refractivity contribution is 0.0950. The highest BCUT2D eigenvalue weighted by molar-refractivity contribution is 6.04. The molecule has 1 aromatic carbocycles. The molecule has 2 heterocycles. The Kier molecular flexibility index (Phi) is 3.80. The minimum absolute atomic E-state index is 0.147. The van der Waals surface area contributed by atoms with Gasteiger partial charge in [0, 0.05) is 36.3 Å². The third-order valence-electron chi connectivity index (χ3n) is 4.82. The zero-order valence-corrected chi connectivity index (χ0v) is 13.7. The zero-order chi connectivity index (χ0) is 16.5. The number of hydrogen-bond acceptors (Lipinski definition) is 3. The van der Waals surface area contributed by atoms with Crippen molar-refractivity contribution in [1.29, 1.82) is 0 Å². The normalized spacial score (nSPS) is 14.7. The molecule has 0 atom stereocenters.